The average Bonchev–Trinajstić information content (AvgIpc) is 2.76. The van der Waals surface area contributed by atoms with Crippen LogP contribution in [-0.4, -0.2) is 6.54 Å². The quantitative estimate of drug-likeness (QED) is 0.325. The van der Waals surface area contributed by atoms with Gasteiger partial charge in [-0.1, -0.05) is 23.3 Å². The van der Waals surface area contributed by atoms with Crippen LogP contribution in [0.2, 0.25) is 0 Å². The number of benzene rings is 1. The number of nitrogens with zero attached hydrogens (tertiary/aromatic N) is 3. The van der Waals surface area contributed by atoms with E-state index >= 15 is 0 Å². The third-order valence-corrected chi connectivity index (χ3v) is 2.25. The van der Waals surface area contributed by atoms with Crippen LogP contribution in [0, 0.1) is 0 Å². The van der Waals surface area contributed by atoms with Crippen molar-refractivity contribution in [2.75, 3.05) is 6.54 Å². The molecule has 0 aliphatic carbocycles. The van der Waals surface area contributed by atoms with Crippen molar-refractivity contribution in [3.05, 3.63) is 52.6 Å². The van der Waals surface area contributed by atoms with E-state index in [1.165, 1.54) is 0 Å². The molecule has 0 fully saturated rings. The minimum absolute atomic E-state index is 0.501. The molecule has 0 saturated heterocycles. The van der Waals surface area contributed by atoms with Crippen LogP contribution in [0.15, 0.2) is 46.1 Å². The van der Waals surface area contributed by atoms with Crippen LogP contribution in [0.3, 0.4) is 0 Å². The summed E-state index contributed by atoms with van der Waals surface area (Å²) in [5.41, 5.74) is 10.1. The number of hydrogen-bond acceptors (Lipinski definition) is 2. The lowest BCUT2D eigenvalue weighted by Crippen LogP contribution is -1.74. The normalized spacial score (nSPS) is 10.8. The van der Waals surface area contributed by atoms with Crippen LogP contribution in [0.25, 0.3) is 27.5 Å². The lowest BCUT2D eigenvalue weighted by atomic mass is 10.1. The topological polar surface area (TPSA) is 61.9 Å². The molecule has 4 nitrogen and oxygen atoms in total. The monoisotopic (exact) mass is 213 g/mol. The Morgan fingerprint density at radius 2 is 2.31 bits per heavy atom. The van der Waals surface area contributed by atoms with Crippen LogP contribution in [0.5, 0.6) is 0 Å². The van der Waals surface area contributed by atoms with Gasteiger partial charge in [-0.05, 0) is 35.7 Å². The van der Waals surface area contributed by atoms with Crippen molar-refractivity contribution in [2.45, 2.75) is 6.42 Å². The zero-order valence-corrected chi connectivity index (χ0v) is 8.71. The molecule has 4 heteroatoms. The average molecular weight is 213 g/mol. The number of fused-ring (bicyclic) bond motifs is 1. The van der Waals surface area contributed by atoms with Gasteiger partial charge in [0, 0.05) is 16.8 Å². The van der Waals surface area contributed by atoms with Gasteiger partial charge >= 0.3 is 0 Å². The van der Waals surface area contributed by atoms with E-state index in [0.717, 1.165) is 23.0 Å². The van der Waals surface area contributed by atoms with Gasteiger partial charge in [0.25, 0.3) is 0 Å². The SMILES string of the molecule is [N-]=[N+]=NCCC=Cc1ccc2occc2c1. The predicted molar refractivity (Wildman–Crippen MR) is 63.9 cm³/mol. The largest absolute Gasteiger partial charge is 0.464 e. The third-order valence-electron chi connectivity index (χ3n) is 2.25. The maximum Gasteiger partial charge on any atom is 0.133 e. The number of hydrogen-bond donors (Lipinski definition) is 0. The Hall–Kier alpha value is -2.19. The molecular formula is C12H11N3O. The first-order valence-electron chi connectivity index (χ1n) is 5.05. The van der Waals surface area contributed by atoms with Gasteiger partial charge in [-0.3, -0.25) is 0 Å². The van der Waals surface area contributed by atoms with Crippen LogP contribution in [0.1, 0.15) is 12.0 Å². The van der Waals surface area contributed by atoms with E-state index in [4.69, 9.17) is 9.95 Å². The first kappa shape index (κ1) is 10.3. The fourth-order valence-electron chi connectivity index (χ4n) is 1.49. The zero-order valence-electron chi connectivity index (χ0n) is 8.71. The minimum atomic E-state index is 0.501. The Labute approximate surface area is 92.8 Å². The van der Waals surface area contributed by atoms with Gasteiger partial charge < -0.3 is 4.42 Å². The molecule has 0 atom stereocenters. The van der Waals surface area contributed by atoms with Gasteiger partial charge in [0.1, 0.15) is 5.58 Å². The summed E-state index contributed by atoms with van der Waals surface area (Å²) >= 11 is 0. The van der Waals surface area contributed by atoms with Crippen molar-refractivity contribution in [3.8, 4) is 0 Å². The summed E-state index contributed by atoms with van der Waals surface area (Å²) in [5, 5.41) is 4.55. The minimum Gasteiger partial charge on any atom is -0.464 e. The molecule has 1 aromatic carbocycles. The standard InChI is InChI=1S/C12H11N3O/c13-15-14-7-2-1-3-10-4-5-12-11(9-10)6-8-16-12/h1,3-6,8-9H,2,7H2. The zero-order chi connectivity index (χ0) is 11.2. The highest BCUT2D eigenvalue weighted by atomic mass is 16.3. The Morgan fingerprint density at radius 3 is 3.19 bits per heavy atom. The summed E-state index contributed by atoms with van der Waals surface area (Å²) < 4.78 is 5.25. The van der Waals surface area contributed by atoms with Crippen LogP contribution in [-0.2, 0) is 0 Å². The molecule has 0 spiro atoms. The van der Waals surface area contributed by atoms with Gasteiger partial charge in [-0.25, -0.2) is 0 Å². The molecule has 0 N–H and O–H groups in total. The first-order chi connectivity index (χ1) is 7.90. The molecule has 0 radical (unpaired) electrons. The second kappa shape index (κ2) is 5.05. The third kappa shape index (κ3) is 2.43. The second-order valence-corrected chi connectivity index (χ2v) is 3.36. The van der Waals surface area contributed by atoms with E-state index in [-0.39, 0.29) is 0 Å². The van der Waals surface area contributed by atoms with Gasteiger partial charge in [-0.2, -0.15) is 0 Å². The maximum atomic E-state index is 8.10. The maximum absolute atomic E-state index is 8.10. The highest BCUT2D eigenvalue weighted by molar-refractivity contribution is 5.79. The van der Waals surface area contributed by atoms with Gasteiger partial charge in [0.2, 0.25) is 0 Å². The fourth-order valence-corrected chi connectivity index (χ4v) is 1.49. The fraction of sp³-hybridized carbons (Fsp3) is 0.167. The van der Waals surface area contributed by atoms with E-state index in [0.29, 0.717) is 6.54 Å². The molecule has 0 saturated carbocycles. The molecule has 1 heterocycles. The molecule has 2 rings (SSSR count). The van der Waals surface area contributed by atoms with Gasteiger partial charge in [0.05, 0.1) is 6.26 Å². The van der Waals surface area contributed by atoms with Crippen LogP contribution < -0.4 is 0 Å². The van der Waals surface area contributed by atoms with E-state index < -0.39 is 0 Å². The van der Waals surface area contributed by atoms with Crippen LogP contribution in [0.4, 0.5) is 0 Å². The first-order valence-corrected chi connectivity index (χ1v) is 5.05. The lowest BCUT2D eigenvalue weighted by Gasteiger charge is -1.93. The molecule has 1 aromatic heterocycles. The van der Waals surface area contributed by atoms with E-state index in [1.54, 1.807) is 6.26 Å². The Morgan fingerprint density at radius 1 is 1.38 bits per heavy atom. The number of furan rings is 1. The van der Waals surface area contributed by atoms with Crippen molar-refractivity contribution in [2.24, 2.45) is 5.11 Å². The van der Waals surface area contributed by atoms with Gasteiger partial charge in [-0.15, -0.1) is 0 Å². The summed E-state index contributed by atoms with van der Waals surface area (Å²) in [6.07, 6.45) is 6.45. The van der Waals surface area contributed by atoms with E-state index in [9.17, 15) is 0 Å². The molecule has 2 aromatic rings. The Balaban J connectivity index is 2.05. The lowest BCUT2D eigenvalue weighted by molar-refractivity contribution is 0.616. The van der Waals surface area contributed by atoms with E-state index in [1.807, 2.05) is 30.4 Å². The van der Waals surface area contributed by atoms with Crippen LogP contribution >= 0.6 is 0 Å². The smallest absolute Gasteiger partial charge is 0.133 e. The number of rotatable bonds is 4. The predicted octanol–water partition coefficient (Wildman–Crippen LogP) is 4.15. The highest BCUT2D eigenvalue weighted by Gasteiger charge is 1.95. The summed E-state index contributed by atoms with van der Waals surface area (Å²) in [6.45, 7) is 0.501. The van der Waals surface area contributed by atoms with Crippen molar-refractivity contribution in [3.63, 3.8) is 0 Å². The van der Waals surface area contributed by atoms with Crippen molar-refractivity contribution in [1.82, 2.24) is 0 Å². The summed E-state index contributed by atoms with van der Waals surface area (Å²) in [4.78, 5) is 2.69. The Bertz CT molecular complexity index is 550. The van der Waals surface area contributed by atoms with Gasteiger partial charge in [0.15, 0.2) is 0 Å². The summed E-state index contributed by atoms with van der Waals surface area (Å²) in [7, 11) is 0. The van der Waals surface area contributed by atoms with Crippen molar-refractivity contribution < 1.29 is 4.42 Å². The molecule has 0 amide bonds. The Kier molecular flexibility index (Phi) is 3.26. The summed E-state index contributed by atoms with van der Waals surface area (Å²) in [5.74, 6) is 0. The summed E-state index contributed by atoms with van der Waals surface area (Å²) in [6, 6.07) is 7.94. The molecule has 16 heavy (non-hydrogen) atoms. The van der Waals surface area contributed by atoms with Crippen molar-refractivity contribution >= 4 is 17.0 Å². The molecular weight excluding hydrogens is 202 g/mol. The van der Waals surface area contributed by atoms with Crippen molar-refractivity contribution in [1.29, 1.82) is 0 Å². The molecule has 0 aliphatic heterocycles. The molecule has 0 unspecified atom stereocenters. The number of azide groups is 1. The highest BCUT2D eigenvalue weighted by Crippen LogP contribution is 2.17. The second-order valence-electron chi connectivity index (χ2n) is 3.36. The molecule has 80 valence electrons. The molecule has 0 bridgehead atoms. The molecule has 0 aliphatic rings. The van der Waals surface area contributed by atoms with E-state index in [2.05, 4.69) is 16.1 Å².